The predicted octanol–water partition coefficient (Wildman–Crippen LogP) is 1.14. The molecule has 1 aromatic carbocycles. The first kappa shape index (κ1) is 22.5. The molecule has 9 nitrogen and oxygen atoms in total. The van der Waals surface area contributed by atoms with Crippen LogP contribution in [0.2, 0.25) is 0 Å². The zero-order valence-electron chi connectivity index (χ0n) is 17.1. The zero-order valence-corrected chi connectivity index (χ0v) is 19.5. The van der Waals surface area contributed by atoms with Crippen LogP contribution in [-0.4, -0.2) is 92.0 Å². The fourth-order valence-electron chi connectivity index (χ4n) is 3.45. The van der Waals surface area contributed by atoms with Gasteiger partial charge in [-0.3, -0.25) is 4.79 Å². The molecule has 2 saturated heterocycles. The van der Waals surface area contributed by atoms with Gasteiger partial charge in [0.05, 0.1) is 24.7 Å². The van der Waals surface area contributed by atoms with Crippen molar-refractivity contribution in [2.24, 2.45) is 0 Å². The van der Waals surface area contributed by atoms with Crippen molar-refractivity contribution in [3.63, 3.8) is 0 Å². The van der Waals surface area contributed by atoms with Crippen LogP contribution in [-0.2, 0) is 25.3 Å². The van der Waals surface area contributed by atoms with Gasteiger partial charge in [-0.25, -0.2) is 8.42 Å². The van der Waals surface area contributed by atoms with E-state index in [0.29, 0.717) is 39.4 Å². The van der Waals surface area contributed by atoms with Crippen LogP contribution in [0.5, 0.6) is 0 Å². The van der Waals surface area contributed by atoms with Gasteiger partial charge in [0.25, 0.3) is 0 Å². The van der Waals surface area contributed by atoms with E-state index in [1.807, 2.05) is 30.3 Å². The van der Waals surface area contributed by atoms with Crippen molar-refractivity contribution in [2.75, 3.05) is 63.1 Å². The lowest BCUT2D eigenvalue weighted by Gasteiger charge is -2.34. The molecular weight excluding hydrogens is 458 g/mol. The molecule has 31 heavy (non-hydrogen) atoms. The number of piperazine rings is 1. The van der Waals surface area contributed by atoms with E-state index in [1.54, 1.807) is 4.90 Å². The van der Waals surface area contributed by atoms with Crippen LogP contribution in [0.1, 0.15) is 5.56 Å². The SMILES string of the molecule is O=C(CSc1nnc(N2CCOCC2)s1)N1CCN(S(=O)(=O)Cc2ccccc2)CC1. The maximum absolute atomic E-state index is 12.7. The molecule has 2 aromatic rings. The normalized spacial score (nSPS) is 18.3. The number of carbonyl (C=O) groups excluding carboxylic acids is 1. The topological polar surface area (TPSA) is 95.9 Å². The number of carbonyl (C=O) groups is 1. The van der Waals surface area contributed by atoms with Gasteiger partial charge in [0.2, 0.25) is 21.1 Å². The Hall–Kier alpha value is -1.73. The van der Waals surface area contributed by atoms with Gasteiger partial charge in [-0.2, -0.15) is 4.31 Å². The Labute approximate surface area is 190 Å². The van der Waals surface area contributed by atoms with E-state index in [-0.39, 0.29) is 17.4 Å². The van der Waals surface area contributed by atoms with Crippen LogP contribution < -0.4 is 4.90 Å². The molecule has 0 atom stereocenters. The summed E-state index contributed by atoms with van der Waals surface area (Å²) in [4.78, 5) is 16.5. The number of nitrogens with zero attached hydrogens (tertiary/aromatic N) is 5. The minimum absolute atomic E-state index is 0.00627. The maximum Gasteiger partial charge on any atom is 0.233 e. The maximum atomic E-state index is 12.7. The highest BCUT2D eigenvalue weighted by Crippen LogP contribution is 2.28. The Bertz CT molecular complexity index is 971. The molecule has 1 aromatic heterocycles. The van der Waals surface area contributed by atoms with Gasteiger partial charge in [0.1, 0.15) is 0 Å². The van der Waals surface area contributed by atoms with Gasteiger partial charge < -0.3 is 14.5 Å². The molecule has 1 amide bonds. The fourth-order valence-corrected chi connectivity index (χ4v) is 6.76. The van der Waals surface area contributed by atoms with Crippen LogP contribution in [0.25, 0.3) is 0 Å². The van der Waals surface area contributed by atoms with Crippen LogP contribution in [0.4, 0.5) is 5.13 Å². The summed E-state index contributed by atoms with van der Waals surface area (Å²) in [6.45, 7) is 4.44. The molecule has 0 radical (unpaired) electrons. The van der Waals surface area contributed by atoms with Crippen molar-refractivity contribution in [1.29, 1.82) is 0 Å². The highest BCUT2D eigenvalue weighted by atomic mass is 32.2. The van der Waals surface area contributed by atoms with Gasteiger partial charge >= 0.3 is 0 Å². The Kier molecular flexibility index (Phi) is 7.43. The number of sulfonamides is 1. The number of anilines is 1. The van der Waals surface area contributed by atoms with Crippen molar-refractivity contribution in [2.45, 2.75) is 10.1 Å². The molecule has 3 heterocycles. The predicted molar refractivity (Wildman–Crippen MR) is 121 cm³/mol. The fraction of sp³-hybridized carbons (Fsp3) is 0.526. The van der Waals surface area contributed by atoms with E-state index in [4.69, 9.17) is 4.74 Å². The number of aromatic nitrogens is 2. The number of morpholine rings is 1. The van der Waals surface area contributed by atoms with E-state index >= 15 is 0 Å². The van der Waals surface area contributed by atoms with Crippen LogP contribution in [0.15, 0.2) is 34.7 Å². The second-order valence-corrected chi connectivity index (χ2v) is 11.4. The number of amides is 1. The Morgan fingerprint density at radius 1 is 1.03 bits per heavy atom. The van der Waals surface area contributed by atoms with Crippen molar-refractivity contribution >= 4 is 44.2 Å². The van der Waals surface area contributed by atoms with Crippen LogP contribution in [0.3, 0.4) is 0 Å². The summed E-state index contributed by atoms with van der Waals surface area (Å²) in [5.41, 5.74) is 0.769. The van der Waals surface area contributed by atoms with E-state index in [9.17, 15) is 13.2 Å². The molecule has 0 aliphatic carbocycles. The van der Waals surface area contributed by atoms with E-state index in [2.05, 4.69) is 15.1 Å². The average Bonchev–Trinajstić information content (AvgIpc) is 3.28. The third-order valence-corrected chi connectivity index (χ3v) is 9.13. The number of hydrogen-bond acceptors (Lipinski definition) is 9. The number of thioether (sulfide) groups is 1. The summed E-state index contributed by atoms with van der Waals surface area (Å²) >= 11 is 2.86. The molecule has 0 spiro atoms. The Morgan fingerprint density at radius 3 is 2.45 bits per heavy atom. The third-order valence-electron chi connectivity index (χ3n) is 5.17. The number of hydrogen-bond donors (Lipinski definition) is 0. The van der Waals surface area contributed by atoms with Gasteiger partial charge in [-0.05, 0) is 5.56 Å². The molecule has 2 fully saturated rings. The minimum atomic E-state index is -3.39. The number of rotatable bonds is 7. The van der Waals surface area contributed by atoms with E-state index in [0.717, 1.165) is 28.1 Å². The lowest BCUT2D eigenvalue weighted by molar-refractivity contribution is -0.129. The van der Waals surface area contributed by atoms with Crippen molar-refractivity contribution in [1.82, 2.24) is 19.4 Å². The zero-order chi connectivity index (χ0) is 21.7. The lowest BCUT2D eigenvalue weighted by Crippen LogP contribution is -2.51. The third kappa shape index (κ3) is 5.95. The summed E-state index contributed by atoms with van der Waals surface area (Å²) < 4.78 is 32.9. The molecular formula is C19H25N5O4S3. The number of benzene rings is 1. The monoisotopic (exact) mass is 483 g/mol. The summed E-state index contributed by atoms with van der Waals surface area (Å²) in [7, 11) is -3.39. The molecule has 0 N–H and O–H groups in total. The van der Waals surface area contributed by atoms with Gasteiger partial charge in [0.15, 0.2) is 4.34 Å². The van der Waals surface area contributed by atoms with Crippen molar-refractivity contribution in [3.05, 3.63) is 35.9 Å². The van der Waals surface area contributed by atoms with Crippen LogP contribution in [0, 0.1) is 0 Å². The largest absolute Gasteiger partial charge is 0.378 e. The Balaban J connectivity index is 1.23. The summed E-state index contributed by atoms with van der Waals surface area (Å²) in [6.07, 6.45) is 0. The molecule has 2 aliphatic rings. The summed E-state index contributed by atoms with van der Waals surface area (Å²) in [5.74, 6) is 0.252. The molecule has 2 aliphatic heterocycles. The first-order valence-electron chi connectivity index (χ1n) is 10.1. The average molecular weight is 484 g/mol. The highest BCUT2D eigenvalue weighted by molar-refractivity contribution is 8.01. The molecule has 0 bridgehead atoms. The van der Waals surface area contributed by atoms with Crippen LogP contribution >= 0.6 is 23.1 Å². The standard InChI is InChI=1S/C19H25N5O4S3/c25-17(14-29-19-21-20-18(30-19)23-10-12-28-13-11-23)22-6-8-24(9-7-22)31(26,27)15-16-4-2-1-3-5-16/h1-5H,6-15H2. The molecule has 0 unspecified atom stereocenters. The molecule has 12 heteroatoms. The first-order valence-corrected chi connectivity index (χ1v) is 13.5. The van der Waals surface area contributed by atoms with E-state index < -0.39 is 10.0 Å². The van der Waals surface area contributed by atoms with Crippen molar-refractivity contribution < 1.29 is 17.9 Å². The quantitative estimate of drug-likeness (QED) is 0.541. The minimum Gasteiger partial charge on any atom is -0.378 e. The second kappa shape index (κ2) is 10.3. The molecule has 4 rings (SSSR count). The van der Waals surface area contributed by atoms with Gasteiger partial charge in [0, 0.05) is 39.3 Å². The van der Waals surface area contributed by atoms with E-state index in [1.165, 1.54) is 27.4 Å². The molecule has 168 valence electrons. The summed E-state index contributed by atoms with van der Waals surface area (Å²) in [5, 5.41) is 9.26. The summed E-state index contributed by atoms with van der Waals surface area (Å²) in [6, 6.07) is 9.16. The smallest absolute Gasteiger partial charge is 0.233 e. The molecule has 0 saturated carbocycles. The Morgan fingerprint density at radius 2 is 1.74 bits per heavy atom. The van der Waals surface area contributed by atoms with Crippen molar-refractivity contribution in [3.8, 4) is 0 Å². The lowest BCUT2D eigenvalue weighted by atomic mass is 10.2. The first-order chi connectivity index (χ1) is 15.0. The van der Waals surface area contributed by atoms with Gasteiger partial charge in [-0.15, -0.1) is 10.2 Å². The second-order valence-electron chi connectivity index (χ2n) is 7.26. The number of ether oxygens (including phenoxy) is 1. The van der Waals surface area contributed by atoms with Gasteiger partial charge in [-0.1, -0.05) is 53.4 Å². The highest BCUT2D eigenvalue weighted by Gasteiger charge is 2.29.